The molecule has 0 aliphatic heterocycles. The lowest BCUT2D eigenvalue weighted by Crippen LogP contribution is -2.41. The third-order valence-electron chi connectivity index (χ3n) is 10.8. The van der Waals surface area contributed by atoms with E-state index in [0.717, 1.165) is 39.1 Å². The van der Waals surface area contributed by atoms with Crippen molar-refractivity contribution in [2.24, 2.45) is 0 Å². The third-order valence-corrected chi connectivity index (χ3v) is 15.5. The standard InChI is InChI=1S/C48H97NO3S2Si/c1-8-12-15-18-21-23-24-25-26-27-28-31-36-41-48(52-55(6,7)51-44-38-33-32-37-43-49(5)42-11-4)50-46-47(40-35-30-20-17-14-10-3)54-53-45-39-34-29-22-19-16-13-9-2/h4,47-48H,8-10,12-46H2,1-3,5-7H3. The Morgan fingerprint density at radius 2 is 1.00 bits per heavy atom. The molecule has 0 amide bonds. The minimum Gasteiger partial charge on any atom is -0.394 e. The number of ether oxygens (including phenoxy) is 1. The summed E-state index contributed by atoms with van der Waals surface area (Å²) in [5, 5.41) is 0.535. The Hall–Kier alpha value is 0.317. The van der Waals surface area contributed by atoms with Crippen LogP contribution in [-0.2, 0) is 13.6 Å². The second kappa shape index (κ2) is 43.9. The Balaban J connectivity index is 4.91. The number of nitrogens with zero attached hydrogens (tertiary/aromatic N) is 1. The van der Waals surface area contributed by atoms with Gasteiger partial charge in [0.25, 0.3) is 0 Å². The fourth-order valence-electron chi connectivity index (χ4n) is 7.21. The summed E-state index contributed by atoms with van der Waals surface area (Å²) in [6, 6.07) is 0. The maximum absolute atomic E-state index is 6.81. The van der Waals surface area contributed by atoms with Crippen molar-refractivity contribution >= 4 is 30.1 Å². The summed E-state index contributed by atoms with van der Waals surface area (Å²) in [5.41, 5.74) is 0. The fourth-order valence-corrected chi connectivity index (χ4v) is 11.4. The largest absolute Gasteiger partial charge is 0.394 e. The van der Waals surface area contributed by atoms with Crippen LogP contribution in [0, 0.1) is 12.3 Å². The van der Waals surface area contributed by atoms with Crippen molar-refractivity contribution in [3.05, 3.63) is 0 Å². The lowest BCUT2D eigenvalue weighted by atomic mass is 10.0. The Bertz CT molecular complexity index is 798. The van der Waals surface area contributed by atoms with Crippen molar-refractivity contribution in [1.29, 1.82) is 0 Å². The Labute approximate surface area is 355 Å². The van der Waals surface area contributed by atoms with Crippen LogP contribution >= 0.6 is 21.6 Å². The van der Waals surface area contributed by atoms with E-state index in [1.807, 2.05) is 0 Å². The molecular formula is C48H97NO3S2Si. The van der Waals surface area contributed by atoms with Crippen molar-refractivity contribution in [3.8, 4) is 12.3 Å². The molecule has 0 saturated carbocycles. The molecule has 0 aromatic carbocycles. The van der Waals surface area contributed by atoms with Crippen LogP contribution in [0.5, 0.6) is 0 Å². The Kier molecular flexibility index (Phi) is 44.1. The van der Waals surface area contributed by atoms with Gasteiger partial charge in [0.1, 0.15) is 6.29 Å². The van der Waals surface area contributed by atoms with Gasteiger partial charge in [0, 0.05) is 17.6 Å². The molecule has 4 nitrogen and oxygen atoms in total. The first-order valence-corrected chi connectivity index (χ1v) is 29.4. The molecule has 0 N–H and O–H groups in total. The van der Waals surface area contributed by atoms with Gasteiger partial charge in [0.2, 0.25) is 0 Å². The van der Waals surface area contributed by atoms with Crippen molar-refractivity contribution in [1.82, 2.24) is 4.90 Å². The summed E-state index contributed by atoms with van der Waals surface area (Å²) in [6.45, 7) is 14.8. The molecule has 0 fully saturated rings. The molecule has 2 unspecified atom stereocenters. The van der Waals surface area contributed by atoms with Crippen molar-refractivity contribution in [3.63, 3.8) is 0 Å². The van der Waals surface area contributed by atoms with Gasteiger partial charge in [-0.3, -0.25) is 4.90 Å². The van der Waals surface area contributed by atoms with E-state index >= 15 is 0 Å². The molecule has 55 heavy (non-hydrogen) atoms. The molecule has 0 saturated heterocycles. The summed E-state index contributed by atoms with van der Waals surface area (Å²) in [7, 11) is 4.00. The highest BCUT2D eigenvalue weighted by Crippen LogP contribution is 2.32. The molecular weight excluding hydrogens is 731 g/mol. The summed E-state index contributed by atoms with van der Waals surface area (Å²) in [4.78, 5) is 2.23. The number of rotatable bonds is 46. The van der Waals surface area contributed by atoms with Gasteiger partial charge in [-0.05, 0) is 65.2 Å². The maximum Gasteiger partial charge on any atom is 0.333 e. The summed E-state index contributed by atoms with van der Waals surface area (Å²) >= 11 is 0. The number of hydrogen-bond donors (Lipinski definition) is 0. The van der Waals surface area contributed by atoms with Gasteiger partial charge < -0.3 is 13.6 Å². The van der Waals surface area contributed by atoms with Crippen LogP contribution in [0.25, 0.3) is 0 Å². The zero-order chi connectivity index (χ0) is 40.3. The third kappa shape index (κ3) is 42.3. The second-order valence-electron chi connectivity index (χ2n) is 17.1. The van der Waals surface area contributed by atoms with Crippen molar-refractivity contribution in [2.75, 3.05) is 39.1 Å². The van der Waals surface area contributed by atoms with Crippen LogP contribution in [-0.4, -0.2) is 64.1 Å². The monoisotopic (exact) mass is 828 g/mol. The van der Waals surface area contributed by atoms with Gasteiger partial charge in [0.15, 0.2) is 0 Å². The predicted octanol–water partition coefficient (Wildman–Crippen LogP) is 16.3. The summed E-state index contributed by atoms with van der Waals surface area (Å²) in [5.74, 6) is 4.00. The van der Waals surface area contributed by atoms with Gasteiger partial charge in [0.05, 0.1) is 13.2 Å². The van der Waals surface area contributed by atoms with Gasteiger partial charge in [-0.25, -0.2) is 0 Å². The molecule has 0 radical (unpaired) electrons. The van der Waals surface area contributed by atoms with Crippen LogP contribution < -0.4 is 0 Å². The lowest BCUT2D eigenvalue weighted by Gasteiger charge is -2.30. The molecule has 7 heteroatoms. The van der Waals surface area contributed by atoms with Gasteiger partial charge >= 0.3 is 8.56 Å². The van der Waals surface area contributed by atoms with E-state index in [2.05, 4.69) is 73.3 Å². The van der Waals surface area contributed by atoms with E-state index in [4.69, 9.17) is 20.0 Å². The average molecular weight is 829 g/mol. The van der Waals surface area contributed by atoms with Crippen LogP contribution in [0.15, 0.2) is 0 Å². The van der Waals surface area contributed by atoms with Crippen LogP contribution in [0.4, 0.5) is 0 Å². The molecule has 0 rings (SSSR count). The second-order valence-corrected chi connectivity index (χ2v) is 23.2. The molecule has 0 spiro atoms. The molecule has 0 heterocycles. The normalized spacial score (nSPS) is 13.1. The molecule has 0 bridgehead atoms. The van der Waals surface area contributed by atoms with Gasteiger partial charge in [-0.2, -0.15) is 0 Å². The first-order valence-electron chi connectivity index (χ1n) is 24.2. The van der Waals surface area contributed by atoms with E-state index in [9.17, 15) is 0 Å². The van der Waals surface area contributed by atoms with E-state index in [1.165, 1.54) is 205 Å². The summed E-state index contributed by atoms with van der Waals surface area (Å²) in [6.07, 6.45) is 49.4. The molecule has 328 valence electrons. The lowest BCUT2D eigenvalue weighted by molar-refractivity contribution is -0.103. The Morgan fingerprint density at radius 1 is 0.564 bits per heavy atom. The quantitative estimate of drug-likeness (QED) is 0.0200. The average Bonchev–Trinajstić information content (AvgIpc) is 3.16. The van der Waals surface area contributed by atoms with E-state index < -0.39 is 8.56 Å². The van der Waals surface area contributed by atoms with E-state index in [0.29, 0.717) is 5.25 Å². The first kappa shape index (κ1) is 55.3. The van der Waals surface area contributed by atoms with Crippen LogP contribution in [0.2, 0.25) is 13.1 Å². The first-order chi connectivity index (χ1) is 26.9. The van der Waals surface area contributed by atoms with E-state index in [1.54, 1.807) is 0 Å². The number of hydrogen-bond acceptors (Lipinski definition) is 6. The van der Waals surface area contributed by atoms with E-state index in [-0.39, 0.29) is 6.29 Å². The van der Waals surface area contributed by atoms with Gasteiger partial charge in [-0.1, -0.05) is 222 Å². The zero-order valence-electron chi connectivity index (χ0n) is 38.1. The highest BCUT2D eigenvalue weighted by molar-refractivity contribution is 8.76. The maximum atomic E-state index is 6.81. The smallest absolute Gasteiger partial charge is 0.333 e. The molecule has 2 atom stereocenters. The van der Waals surface area contributed by atoms with Crippen molar-refractivity contribution in [2.45, 2.75) is 257 Å². The van der Waals surface area contributed by atoms with Gasteiger partial charge in [-0.15, -0.1) is 6.42 Å². The molecule has 0 aliphatic rings. The van der Waals surface area contributed by atoms with Crippen LogP contribution in [0.1, 0.15) is 233 Å². The van der Waals surface area contributed by atoms with Crippen molar-refractivity contribution < 1.29 is 13.6 Å². The zero-order valence-corrected chi connectivity index (χ0v) is 40.7. The minimum absolute atomic E-state index is 0.147. The SMILES string of the molecule is C#CCN(C)CCCCCCO[Si](C)(C)OC(CCCCCCCCCCCCCCC)OCC(CCCCCCCC)SSCCCCCCCCCC. The predicted molar refractivity (Wildman–Crippen MR) is 254 cm³/mol. The van der Waals surface area contributed by atoms with Crippen LogP contribution in [0.3, 0.4) is 0 Å². The summed E-state index contributed by atoms with van der Waals surface area (Å²) < 4.78 is 20.1. The minimum atomic E-state index is -2.31. The molecule has 0 aromatic rings. The molecule has 0 aromatic heterocycles. The highest BCUT2D eigenvalue weighted by atomic mass is 33.1. The number of terminal acetylenes is 1. The topological polar surface area (TPSA) is 30.9 Å². The Morgan fingerprint density at radius 3 is 1.51 bits per heavy atom. The highest BCUT2D eigenvalue weighted by Gasteiger charge is 2.29. The fraction of sp³-hybridized carbons (Fsp3) is 0.958. The molecule has 0 aliphatic carbocycles. The number of unbranched alkanes of at least 4 members (excludes halogenated alkanes) is 27.